The first-order chi connectivity index (χ1) is 8.26. The second-order valence-electron chi connectivity index (χ2n) is 3.38. The SMILES string of the molecule is COc1cc(C=O)cc(C=CCCO)c1OC. The maximum Gasteiger partial charge on any atom is 0.167 e. The zero-order valence-corrected chi connectivity index (χ0v) is 9.97. The standard InChI is InChI=1S/C13H16O4/c1-16-12-8-10(9-15)7-11(13(12)17-2)5-3-4-6-14/h3,5,7-9,14H,4,6H2,1-2H3. The average molecular weight is 236 g/mol. The number of rotatable bonds is 6. The van der Waals surface area contributed by atoms with Crippen LogP contribution >= 0.6 is 0 Å². The van der Waals surface area contributed by atoms with E-state index in [0.717, 1.165) is 11.8 Å². The highest BCUT2D eigenvalue weighted by Gasteiger charge is 2.09. The van der Waals surface area contributed by atoms with E-state index in [9.17, 15) is 4.79 Å². The lowest BCUT2D eigenvalue weighted by molar-refractivity contribution is 0.112. The second-order valence-corrected chi connectivity index (χ2v) is 3.38. The molecule has 1 N–H and O–H groups in total. The molecule has 0 fully saturated rings. The van der Waals surface area contributed by atoms with Gasteiger partial charge < -0.3 is 14.6 Å². The van der Waals surface area contributed by atoms with Gasteiger partial charge in [0.05, 0.1) is 14.2 Å². The molecule has 92 valence electrons. The molecule has 0 aliphatic rings. The summed E-state index contributed by atoms with van der Waals surface area (Å²) < 4.78 is 10.4. The highest BCUT2D eigenvalue weighted by Crippen LogP contribution is 2.33. The Kier molecular flexibility index (Phi) is 5.23. The summed E-state index contributed by atoms with van der Waals surface area (Å²) in [4.78, 5) is 10.8. The molecule has 1 aromatic carbocycles. The summed E-state index contributed by atoms with van der Waals surface area (Å²) in [5, 5.41) is 8.71. The lowest BCUT2D eigenvalue weighted by Gasteiger charge is -2.11. The van der Waals surface area contributed by atoms with Crippen molar-refractivity contribution >= 4 is 12.4 Å². The van der Waals surface area contributed by atoms with Crippen LogP contribution in [0.25, 0.3) is 6.08 Å². The van der Waals surface area contributed by atoms with Crippen LogP contribution in [0.2, 0.25) is 0 Å². The molecule has 0 bridgehead atoms. The van der Waals surface area contributed by atoms with E-state index in [1.54, 1.807) is 25.3 Å². The summed E-state index contributed by atoms with van der Waals surface area (Å²) in [6, 6.07) is 3.33. The maximum absolute atomic E-state index is 10.8. The van der Waals surface area contributed by atoms with Gasteiger partial charge in [0, 0.05) is 17.7 Å². The van der Waals surface area contributed by atoms with E-state index in [-0.39, 0.29) is 6.61 Å². The summed E-state index contributed by atoms with van der Waals surface area (Å²) >= 11 is 0. The van der Waals surface area contributed by atoms with Gasteiger partial charge in [-0.3, -0.25) is 4.79 Å². The van der Waals surface area contributed by atoms with E-state index in [1.807, 2.05) is 6.08 Å². The normalized spacial score (nSPS) is 10.5. The van der Waals surface area contributed by atoms with Crippen molar-refractivity contribution in [1.29, 1.82) is 0 Å². The van der Waals surface area contributed by atoms with E-state index in [0.29, 0.717) is 23.5 Å². The molecule has 17 heavy (non-hydrogen) atoms. The number of ether oxygens (including phenoxy) is 2. The molecule has 1 aromatic rings. The highest BCUT2D eigenvalue weighted by molar-refractivity contribution is 5.79. The fourth-order valence-electron chi connectivity index (χ4n) is 1.49. The van der Waals surface area contributed by atoms with Crippen LogP contribution in [-0.4, -0.2) is 32.2 Å². The van der Waals surface area contributed by atoms with E-state index >= 15 is 0 Å². The van der Waals surface area contributed by atoms with Gasteiger partial charge in [0.1, 0.15) is 6.29 Å². The third kappa shape index (κ3) is 3.32. The molecule has 0 atom stereocenters. The average Bonchev–Trinajstić information content (AvgIpc) is 2.37. The molecular weight excluding hydrogens is 220 g/mol. The van der Waals surface area contributed by atoms with Crippen LogP contribution in [0.3, 0.4) is 0 Å². The van der Waals surface area contributed by atoms with E-state index in [4.69, 9.17) is 14.6 Å². The van der Waals surface area contributed by atoms with E-state index in [1.165, 1.54) is 7.11 Å². The van der Waals surface area contributed by atoms with Gasteiger partial charge in [-0.05, 0) is 18.6 Å². The van der Waals surface area contributed by atoms with E-state index < -0.39 is 0 Å². The van der Waals surface area contributed by atoms with Gasteiger partial charge in [0.2, 0.25) is 0 Å². The minimum atomic E-state index is 0.0866. The van der Waals surface area contributed by atoms with Crippen molar-refractivity contribution in [3.8, 4) is 11.5 Å². The first kappa shape index (κ1) is 13.3. The molecule has 0 spiro atoms. The fourth-order valence-corrected chi connectivity index (χ4v) is 1.49. The Labute approximate surface area is 100 Å². The van der Waals surface area contributed by atoms with Crippen molar-refractivity contribution in [3.63, 3.8) is 0 Å². The minimum absolute atomic E-state index is 0.0866. The topological polar surface area (TPSA) is 55.8 Å². The van der Waals surface area contributed by atoms with Crippen LogP contribution in [0.5, 0.6) is 11.5 Å². The monoisotopic (exact) mass is 236 g/mol. The lowest BCUT2D eigenvalue weighted by Crippen LogP contribution is -1.95. The number of aldehydes is 1. The summed E-state index contributed by atoms with van der Waals surface area (Å²) in [7, 11) is 3.06. The first-order valence-corrected chi connectivity index (χ1v) is 5.25. The highest BCUT2D eigenvalue weighted by atomic mass is 16.5. The van der Waals surface area contributed by atoms with Crippen molar-refractivity contribution in [1.82, 2.24) is 0 Å². The predicted octanol–water partition coefficient (Wildman–Crippen LogP) is 1.91. The zero-order chi connectivity index (χ0) is 12.7. The third-order valence-corrected chi connectivity index (χ3v) is 2.26. The van der Waals surface area contributed by atoms with Gasteiger partial charge in [0.15, 0.2) is 11.5 Å². The number of carbonyl (C=O) groups excluding carboxylic acids is 1. The second kappa shape index (κ2) is 6.70. The maximum atomic E-state index is 10.8. The van der Waals surface area contributed by atoms with Gasteiger partial charge in [-0.15, -0.1) is 0 Å². The van der Waals surface area contributed by atoms with Gasteiger partial charge in [-0.1, -0.05) is 12.2 Å². The summed E-state index contributed by atoms with van der Waals surface area (Å²) in [6.45, 7) is 0.0866. The molecule has 0 aliphatic carbocycles. The quantitative estimate of drug-likeness (QED) is 0.766. The largest absolute Gasteiger partial charge is 0.493 e. The number of benzene rings is 1. The molecule has 0 unspecified atom stereocenters. The van der Waals surface area contributed by atoms with Gasteiger partial charge >= 0.3 is 0 Å². The van der Waals surface area contributed by atoms with Crippen molar-refractivity contribution in [2.24, 2.45) is 0 Å². The molecule has 0 radical (unpaired) electrons. The summed E-state index contributed by atoms with van der Waals surface area (Å²) in [6.07, 6.45) is 4.92. The Hall–Kier alpha value is -1.81. The predicted molar refractivity (Wildman–Crippen MR) is 65.7 cm³/mol. The first-order valence-electron chi connectivity index (χ1n) is 5.25. The third-order valence-electron chi connectivity index (χ3n) is 2.26. The molecule has 0 saturated carbocycles. The molecule has 0 saturated heterocycles. The molecule has 4 nitrogen and oxygen atoms in total. The lowest BCUT2D eigenvalue weighted by atomic mass is 10.1. The molecule has 1 rings (SSSR count). The Bertz CT molecular complexity index is 410. The number of aliphatic hydroxyl groups excluding tert-OH is 1. The molecule has 0 heterocycles. The molecule has 0 aliphatic heterocycles. The summed E-state index contributed by atoms with van der Waals surface area (Å²) in [5.41, 5.74) is 1.27. The van der Waals surface area contributed by atoms with Crippen molar-refractivity contribution in [2.45, 2.75) is 6.42 Å². The summed E-state index contributed by atoms with van der Waals surface area (Å²) in [5.74, 6) is 1.09. The van der Waals surface area contributed by atoms with Crippen molar-refractivity contribution < 1.29 is 19.4 Å². The van der Waals surface area contributed by atoms with Gasteiger partial charge in [0.25, 0.3) is 0 Å². The Balaban J connectivity index is 3.19. The Morgan fingerprint density at radius 2 is 2.06 bits per heavy atom. The number of methoxy groups -OCH3 is 2. The zero-order valence-electron chi connectivity index (χ0n) is 9.97. The van der Waals surface area contributed by atoms with E-state index in [2.05, 4.69) is 0 Å². The van der Waals surface area contributed by atoms with Crippen LogP contribution in [0, 0.1) is 0 Å². The Morgan fingerprint density at radius 1 is 1.29 bits per heavy atom. The van der Waals surface area contributed by atoms with Crippen LogP contribution < -0.4 is 9.47 Å². The van der Waals surface area contributed by atoms with Crippen molar-refractivity contribution in [3.05, 3.63) is 29.3 Å². The minimum Gasteiger partial charge on any atom is -0.493 e. The van der Waals surface area contributed by atoms with Crippen LogP contribution in [0.1, 0.15) is 22.3 Å². The number of carbonyl (C=O) groups is 1. The van der Waals surface area contributed by atoms with Gasteiger partial charge in [-0.25, -0.2) is 0 Å². The number of aliphatic hydroxyl groups is 1. The Morgan fingerprint density at radius 3 is 2.59 bits per heavy atom. The molecule has 4 heteroatoms. The van der Waals surface area contributed by atoms with Crippen LogP contribution in [0.15, 0.2) is 18.2 Å². The molecular formula is C13H16O4. The fraction of sp³-hybridized carbons (Fsp3) is 0.308. The smallest absolute Gasteiger partial charge is 0.167 e. The van der Waals surface area contributed by atoms with Crippen LogP contribution in [-0.2, 0) is 0 Å². The van der Waals surface area contributed by atoms with Gasteiger partial charge in [-0.2, -0.15) is 0 Å². The van der Waals surface area contributed by atoms with Crippen LogP contribution in [0.4, 0.5) is 0 Å². The van der Waals surface area contributed by atoms with Crippen molar-refractivity contribution in [2.75, 3.05) is 20.8 Å². The molecule has 0 amide bonds. The molecule has 0 aromatic heterocycles. The number of hydrogen-bond donors (Lipinski definition) is 1. The number of hydrogen-bond acceptors (Lipinski definition) is 4.